The third-order valence-corrected chi connectivity index (χ3v) is 11.2. The van der Waals surface area contributed by atoms with Crippen molar-refractivity contribution in [2.24, 2.45) is 0 Å². The van der Waals surface area contributed by atoms with Gasteiger partial charge in [0.15, 0.2) is 8.32 Å². The van der Waals surface area contributed by atoms with Crippen LogP contribution in [-0.2, 0) is 19.4 Å². The summed E-state index contributed by atoms with van der Waals surface area (Å²) in [6.45, 7) is 14.8. The van der Waals surface area contributed by atoms with Crippen molar-refractivity contribution in [1.29, 1.82) is 0 Å². The molecule has 2 aromatic heterocycles. The highest BCUT2D eigenvalue weighted by atomic mass is 28.4. The summed E-state index contributed by atoms with van der Waals surface area (Å²) < 4.78 is 14.1. The second-order valence-corrected chi connectivity index (χ2v) is 15.0. The second kappa shape index (κ2) is 8.10. The molecule has 0 radical (unpaired) electrons. The number of aromatic nitrogens is 3. The van der Waals surface area contributed by atoms with Gasteiger partial charge in [-0.3, -0.25) is 4.79 Å². The van der Waals surface area contributed by atoms with Crippen molar-refractivity contribution in [3.8, 4) is 5.69 Å². The zero-order chi connectivity index (χ0) is 23.1. The molecule has 1 amide bonds. The standard InChI is InChI=1S/C24H32N4O3Si/c1-17(29)27-22-11-21-18(12-25-22)13-26-28(21)20-9-7-8-19(10-20)24(14-30-15-24)16-31-32(5,6)23(2,3)4/h7-13H,14-16H2,1-6H3,(H,25,27,29). The first-order chi connectivity index (χ1) is 15.0. The lowest BCUT2D eigenvalue weighted by Gasteiger charge is -2.45. The van der Waals surface area contributed by atoms with Gasteiger partial charge in [-0.25, -0.2) is 9.67 Å². The van der Waals surface area contributed by atoms with E-state index < -0.39 is 8.32 Å². The van der Waals surface area contributed by atoms with E-state index in [-0.39, 0.29) is 16.4 Å². The molecule has 1 aliphatic rings. The molecule has 3 heterocycles. The number of carbonyl (C=O) groups excluding carboxylic acids is 1. The van der Waals surface area contributed by atoms with Crippen LogP contribution in [0.25, 0.3) is 16.6 Å². The highest BCUT2D eigenvalue weighted by molar-refractivity contribution is 6.74. The average molecular weight is 453 g/mol. The molecule has 170 valence electrons. The molecule has 1 aromatic carbocycles. The van der Waals surface area contributed by atoms with E-state index in [1.165, 1.54) is 12.5 Å². The van der Waals surface area contributed by atoms with Crippen LogP contribution in [0.15, 0.2) is 42.7 Å². The number of anilines is 1. The summed E-state index contributed by atoms with van der Waals surface area (Å²) in [6, 6.07) is 10.3. The van der Waals surface area contributed by atoms with Gasteiger partial charge in [0, 0.05) is 31.2 Å². The maximum absolute atomic E-state index is 11.4. The fraction of sp³-hybridized carbons (Fsp3) is 0.458. The highest BCUT2D eigenvalue weighted by Gasteiger charge is 2.45. The molecule has 0 spiro atoms. The van der Waals surface area contributed by atoms with Gasteiger partial charge in [-0.05, 0) is 35.8 Å². The van der Waals surface area contributed by atoms with Crippen LogP contribution < -0.4 is 5.32 Å². The normalized spacial score (nSPS) is 16.1. The summed E-state index contributed by atoms with van der Waals surface area (Å²) in [5.74, 6) is 0.355. The van der Waals surface area contributed by atoms with Gasteiger partial charge < -0.3 is 14.5 Å². The van der Waals surface area contributed by atoms with Gasteiger partial charge in [0.25, 0.3) is 0 Å². The fourth-order valence-electron chi connectivity index (χ4n) is 3.56. The SMILES string of the molecule is CC(=O)Nc1cc2c(cn1)cnn2-c1cccc(C2(CO[Si](C)(C)C(C)(C)C)COC2)c1. The molecule has 32 heavy (non-hydrogen) atoms. The van der Waals surface area contributed by atoms with Crippen molar-refractivity contribution in [2.75, 3.05) is 25.1 Å². The van der Waals surface area contributed by atoms with Gasteiger partial charge in [-0.2, -0.15) is 5.10 Å². The van der Waals surface area contributed by atoms with E-state index in [4.69, 9.17) is 9.16 Å². The number of carbonyl (C=O) groups is 1. The molecule has 0 unspecified atom stereocenters. The number of benzene rings is 1. The molecule has 1 aliphatic heterocycles. The van der Waals surface area contributed by atoms with Crippen molar-refractivity contribution < 1.29 is 14.0 Å². The number of pyridine rings is 1. The monoisotopic (exact) mass is 452 g/mol. The molecule has 0 aliphatic carbocycles. The molecule has 3 aromatic rings. The van der Waals surface area contributed by atoms with Gasteiger partial charge in [0.2, 0.25) is 5.91 Å². The van der Waals surface area contributed by atoms with E-state index in [2.05, 4.69) is 67.5 Å². The molecular weight excluding hydrogens is 420 g/mol. The first-order valence-electron chi connectivity index (χ1n) is 10.9. The van der Waals surface area contributed by atoms with E-state index in [9.17, 15) is 4.79 Å². The van der Waals surface area contributed by atoms with Gasteiger partial charge in [0.05, 0.1) is 36.0 Å². The number of nitrogens with zero attached hydrogens (tertiary/aromatic N) is 3. The van der Waals surface area contributed by atoms with Crippen molar-refractivity contribution >= 4 is 30.9 Å². The number of hydrogen-bond acceptors (Lipinski definition) is 5. The van der Waals surface area contributed by atoms with E-state index in [1.807, 2.05) is 16.8 Å². The Bertz CT molecular complexity index is 1150. The Kier molecular flexibility index (Phi) is 5.73. The minimum Gasteiger partial charge on any atom is -0.416 e. The molecule has 1 saturated heterocycles. The minimum atomic E-state index is -1.87. The van der Waals surface area contributed by atoms with E-state index in [0.717, 1.165) is 16.6 Å². The number of amides is 1. The van der Waals surface area contributed by atoms with Crippen LogP contribution in [0.2, 0.25) is 18.1 Å². The summed E-state index contributed by atoms with van der Waals surface area (Å²) in [5.41, 5.74) is 2.89. The lowest BCUT2D eigenvalue weighted by Crippen LogP contribution is -2.54. The highest BCUT2D eigenvalue weighted by Crippen LogP contribution is 2.40. The largest absolute Gasteiger partial charge is 0.416 e. The summed E-state index contributed by atoms with van der Waals surface area (Å²) in [6.07, 6.45) is 3.51. The molecule has 7 nitrogen and oxygen atoms in total. The Morgan fingerprint density at radius 3 is 2.62 bits per heavy atom. The van der Waals surface area contributed by atoms with Crippen LogP contribution >= 0.6 is 0 Å². The first-order valence-corrected chi connectivity index (χ1v) is 13.9. The number of nitrogens with one attached hydrogen (secondary N) is 1. The van der Waals surface area contributed by atoms with E-state index in [1.54, 1.807) is 12.4 Å². The lowest BCUT2D eigenvalue weighted by atomic mass is 9.79. The summed E-state index contributed by atoms with van der Waals surface area (Å²) >= 11 is 0. The molecule has 1 N–H and O–H groups in total. The van der Waals surface area contributed by atoms with Crippen molar-refractivity contribution in [1.82, 2.24) is 14.8 Å². The van der Waals surface area contributed by atoms with Crippen molar-refractivity contribution in [3.63, 3.8) is 0 Å². The van der Waals surface area contributed by atoms with Gasteiger partial charge in [-0.15, -0.1) is 0 Å². The Balaban J connectivity index is 1.65. The van der Waals surface area contributed by atoms with E-state index in [0.29, 0.717) is 25.6 Å². The summed E-state index contributed by atoms with van der Waals surface area (Å²) in [7, 11) is -1.87. The molecule has 0 saturated carbocycles. The molecule has 8 heteroatoms. The average Bonchev–Trinajstić information content (AvgIpc) is 3.09. The molecule has 0 atom stereocenters. The zero-order valence-corrected chi connectivity index (χ0v) is 20.7. The van der Waals surface area contributed by atoms with Crippen molar-refractivity contribution in [3.05, 3.63) is 48.3 Å². The van der Waals surface area contributed by atoms with Gasteiger partial charge >= 0.3 is 0 Å². The predicted octanol–water partition coefficient (Wildman–Crippen LogP) is 4.67. The van der Waals surface area contributed by atoms with Crippen molar-refractivity contribution in [2.45, 2.75) is 51.2 Å². The quantitative estimate of drug-likeness (QED) is 0.550. The van der Waals surface area contributed by atoms with Crippen LogP contribution in [-0.4, -0.2) is 48.8 Å². The third kappa shape index (κ3) is 4.22. The Labute approximate surface area is 190 Å². The minimum absolute atomic E-state index is 0.141. The number of rotatable bonds is 6. The molecule has 0 bridgehead atoms. The zero-order valence-electron chi connectivity index (χ0n) is 19.7. The van der Waals surface area contributed by atoms with Gasteiger partial charge in [-0.1, -0.05) is 32.9 Å². The van der Waals surface area contributed by atoms with E-state index >= 15 is 0 Å². The summed E-state index contributed by atoms with van der Waals surface area (Å²) in [5, 5.41) is 8.39. The molecular formula is C24H32N4O3Si. The Hall–Kier alpha value is -2.55. The van der Waals surface area contributed by atoms with Crippen LogP contribution in [0, 0.1) is 0 Å². The number of hydrogen-bond donors (Lipinski definition) is 1. The second-order valence-electron chi connectivity index (χ2n) is 10.2. The smallest absolute Gasteiger partial charge is 0.222 e. The third-order valence-electron chi connectivity index (χ3n) is 6.73. The first kappa shape index (κ1) is 22.6. The topological polar surface area (TPSA) is 78.3 Å². The van der Waals surface area contributed by atoms with Crippen LogP contribution in [0.1, 0.15) is 33.3 Å². The van der Waals surface area contributed by atoms with Crippen LogP contribution in [0.4, 0.5) is 5.82 Å². The lowest BCUT2D eigenvalue weighted by molar-refractivity contribution is -0.114. The molecule has 1 fully saturated rings. The number of fused-ring (bicyclic) bond motifs is 1. The van der Waals surface area contributed by atoms with Crippen LogP contribution in [0.3, 0.4) is 0 Å². The predicted molar refractivity (Wildman–Crippen MR) is 129 cm³/mol. The maximum Gasteiger partial charge on any atom is 0.222 e. The Morgan fingerprint density at radius 2 is 2.00 bits per heavy atom. The Morgan fingerprint density at radius 1 is 1.25 bits per heavy atom. The number of ether oxygens (including phenoxy) is 1. The summed E-state index contributed by atoms with van der Waals surface area (Å²) in [4.78, 5) is 15.7. The van der Waals surface area contributed by atoms with Crippen LogP contribution in [0.5, 0.6) is 0 Å². The molecule has 4 rings (SSSR count). The van der Waals surface area contributed by atoms with Gasteiger partial charge in [0.1, 0.15) is 5.82 Å². The maximum atomic E-state index is 11.4. The fourth-order valence-corrected chi connectivity index (χ4v) is 4.63.